The van der Waals surface area contributed by atoms with Crippen LogP contribution in [0, 0.1) is 0 Å². The predicted octanol–water partition coefficient (Wildman–Crippen LogP) is 22.2. The molecule has 0 amide bonds. The van der Waals surface area contributed by atoms with Crippen molar-refractivity contribution in [1.82, 2.24) is 0 Å². The standard InChI is InChI=1S/C79H140O17P2/c1-5-9-13-17-21-25-29-33-36-40-43-47-51-55-59-63-76(81)89-69-74(95-78(83)65-61-57-53-49-45-39-32-28-24-20-16-12-8-4)71-93-97(85,86)91-67-73(80)68-92-98(87,88)94-72-75(96-79(84)66-62-58-54-50-46-42-38-35-31-27-23-19-15-11-7-3)70-90-77(82)64-60-56-52-48-44-41-37-34-30-26-22-18-14-10-6-2/h23,25-30,32-38,73-75,80H,5-22,24,31,39-72H2,1-4H3,(H,85,86)(H,87,88)/b27-23-,29-25-,30-26-,32-28-,36-33-,37-34-,38-35-/t73-,74+,75+/m0/s1. The maximum atomic E-state index is 13.1. The zero-order valence-electron chi connectivity index (χ0n) is 62.0. The number of hydrogen-bond donors (Lipinski definition) is 3. The van der Waals surface area contributed by atoms with Crippen molar-refractivity contribution < 1.29 is 80.2 Å². The SMILES string of the molecule is CCCCC/C=C\C/C=C\CCCCCCCC(=O)O[C@H](COC(=O)CCCCCCC/C=C\C=C/CCCCCC)COP(=O)(O)OC[C@@H](O)COP(=O)(O)OC[C@@H](COC(=O)CCCCCCC/C=C\C=C/CCCCCC)OC(=O)CCCCCCC/C=C\CCCCCC. The van der Waals surface area contributed by atoms with Crippen molar-refractivity contribution in [3.8, 4) is 0 Å². The number of allylic oxidation sites excluding steroid dienone is 14. The first kappa shape index (κ1) is 94.2. The van der Waals surface area contributed by atoms with E-state index >= 15 is 0 Å². The summed E-state index contributed by atoms with van der Waals surface area (Å²) in [6.07, 6.45) is 72.7. The van der Waals surface area contributed by atoms with E-state index in [4.69, 9.17) is 37.0 Å². The second-order valence-electron chi connectivity index (χ2n) is 26.0. The number of carbonyl (C=O) groups is 4. The first-order chi connectivity index (χ1) is 47.7. The average Bonchev–Trinajstić information content (AvgIpc) is 0.984. The van der Waals surface area contributed by atoms with Crippen LogP contribution in [0.25, 0.3) is 0 Å². The lowest BCUT2D eigenvalue weighted by molar-refractivity contribution is -0.161. The van der Waals surface area contributed by atoms with E-state index < -0.39 is 97.5 Å². The molecule has 0 radical (unpaired) electrons. The van der Waals surface area contributed by atoms with Crippen molar-refractivity contribution in [2.45, 2.75) is 354 Å². The van der Waals surface area contributed by atoms with E-state index in [0.29, 0.717) is 25.7 Å². The normalized spacial score (nSPS) is 14.4. The molecule has 0 aromatic heterocycles. The number of phosphoric ester groups is 2. The second kappa shape index (κ2) is 71.6. The molecule has 0 heterocycles. The van der Waals surface area contributed by atoms with Crippen LogP contribution in [0.1, 0.15) is 336 Å². The highest BCUT2D eigenvalue weighted by Gasteiger charge is 2.30. The number of aliphatic hydroxyl groups excluding tert-OH is 1. The van der Waals surface area contributed by atoms with Gasteiger partial charge in [0.05, 0.1) is 26.4 Å². The first-order valence-corrected chi connectivity index (χ1v) is 41.9. The lowest BCUT2D eigenvalue weighted by Crippen LogP contribution is -2.30. The van der Waals surface area contributed by atoms with E-state index in [-0.39, 0.29) is 25.7 Å². The fourth-order valence-corrected chi connectivity index (χ4v) is 11.9. The lowest BCUT2D eigenvalue weighted by atomic mass is 10.1. The Labute approximate surface area is 595 Å². The third-order valence-electron chi connectivity index (χ3n) is 16.4. The molecular weight excluding hydrogens is 1280 g/mol. The molecule has 0 aromatic carbocycles. The molecule has 0 aliphatic heterocycles. The number of rotatable bonds is 73. The van der Waals surface area contributed by atoms with Gasteiger partial charge in [-0.15, -0.1) is 0 Å². The van der Waals surface area contributed by atoms with E-state index in [0.717, 1.165) is 161 Å². The Morgan fingerprint density at radius 3 is 0.847 bits per heavy atom. The van der Waals surface area contributed by atoms with Crippen LogP contribution in [0.4, 0.5) is 0 Å². The largest absolute Gasteiger partial charge is 0.472 e. The van der Waals surface area contributed by atoms with Crippen molar-refractivity contribution in [2.75, 3.05) is 39.6 Å². The molecule has 3 N–H and O–H groups in total. The molecule has 0 aromatic rings. The fraction of sp³-hybridized carbons (Fsp3) is 0.772. The molecule has 0 rings (SSSR count). The molecule has 5 atom stereocenters. The van der Waals surface area contributed by atoms with E-state index in [1.165, 1.54) is 96.3 Å². The van der Waals surface area contributed by atoms with Crippen molar-refractivity contribution in [1.29, 1.82) is 0 Å². The monoisotopic (exact) mass is 1420 g/mol. The van der Waals surface area contributed by atoms with Gasteiger partial charge < -0.3 is 33.8 Å². The molecule has 0 saturated carbocycles. The van der Waals surface area contributed by atoms with Crippen molar-refractivity contribution in [3.63, 3.8) is 0 Å². The molecule has 0 aliphatic rings. The Kier molecular flexibility index (Phi) is 68.9. The molecule has 0 aliphatic carbocycles. The summed E-state index contributed by atoms with van der Waals surface area (Å²) in [6, 6.07) is 0. The quantitative estimate of drug-likeness (QED) is 0.0128. The predicted molar refractivity (Wildman–Crippen MR) is 399 cm³/mol. The number of esters is 4. The van der Waals surface area contributed by atoms with Gasteiger partial charge in [0, 0.05) is 25.7 Å². The van der Waals surface area contributed by atoms with E-state index in [9.17, 15) is 43.2 Å². The number of unbranched alkanes of at least 4 members (excludes halogenated alkanes) is 35. The molecule has 2 unspecified atom stereocenters. The van der Waals surface area contributed by atoms with Crippen LogP contribution >= 0.6 is 15.6 Å². The molecule has 0 fully saturated rings. The summed E-state index contributed by atoms with van der Waals surface area (Å²) >= 11 is 0. The minimum atomic E-state index is -4.98. The summed E-state index contributed by atoms with van der Waals surface area (Å²) in [5.41, 5.74) is 0. The molecular formula is C79H140O17P2. The van der Waals surface area contributed by atoms with Gasteiger partial charge in [-0.25, -0.2) is 9.13 Å². The molecule has 19 heteroatoms. The van der Waals surface area contributed by atoms with Crippen LogP contribution in [0.2, 0.25) is 0 Å². The second-order valence-corrected chi connectivity index (χ2v) is 28.9. The molecule has 98 heavy (non-hydrogen) atoms. The van der Waals surface area contributed by atoms with Gasteiger partial charge in [-0.1, -0.05) is 260 Å². The highest BCUT2D eigenvalue weighted by molar-refractivity contribution is 7.47. The van der Waals surface area contributed by atoms with Gasteiger partial charge in [0.15, 0.2) is 12.2 Å². The molecule has 17 nitrogen and oxygen atoms in total. The zero-order valence-corrected chi connectivity index (χ0v) is 63.7. The third kappa shape index (κ3) is 70.7. The zero-order chi connectivity index (χ0) is 71.8. The highest BCUT2D eigenvalue weighted by atomic mass is 31.2. The van der Waals surface area contributed by atoms with Crippen LogP contribution < -0.4 is 0 Å². The van der Waals surface area contributed by atoms with Gasteiger partial charge in [-0.05, 0) is 135 Å². The van der Waals surface area contributed by atoms with Gasteiger partial charge in [0.1, 0.15) is 19.3 Å². The Hall–Kier alpha value is -3.76. The summed E-state index contributed by atoms with van der Waals surface area (Å²) in [5.74, 6) is -2.22. The van der Waals surface area contributed by atoms with E-state index in [2.05, 4.69) is 113 Å². The van der Waals surface area contributed by atoms with Crippen LogP contribution in [0.3, 0.4) is 0 Å². The van der Waals surface area contributed by atoms with Crippen LogP contribution in [-0.2, 0) is 65.4 Å². The summed E-state index contributed by atoms with van der Waals surface area (Å²) < 4.78 is 68.5. The fourth-order valence-electron chi connectivity index (χ4n) is 10.3. The first-order valence-electron chi connectivity index (χ1n) is 38.9. The topological polar surface area (TPSA) is 237 Å². The smallest absolute Gasteiger partial charge is 0.462 e. The van der Waals surface area contributed by atoms with Crippen LogP contribution in [-0.4, -0.2) is 96.7 Å². The number of ether oxygens (including phenoxy) is 4. The maximum absolute atomic E-state index is 13.1. The lowest BCUT2D eigenvalue weighted by Gasteiger charge is -2.21. The number of hydrogen-bond acceptors (Lipinski definition) is 15. The number of phosphoric acid groups is 2. The number of carbonyl (C=O) groups excluding carboxylic acids is 4. The highest BCUT2D eigenvalue weighted by Crippen LogP contribution is 2.45. The molecule has 0 spiro atoms. The van der Waals surface area contributed by atoms with Crippen LogP contribution in [0.5, 0.6) is 0 Å². The van der Waals surface area contributed by atoms with Crippen molar-refractivity contribution in [2.24, 2.45) is 0 Å². The Morgan fingerprint density at radius 2 is 0.531 bits per heavy atom. The van der Waals surface area contributed by atoms with Gasteiger partial charge in [-0.3, -0.25) is 37.3 Å². The summed E-state index contributed by atoms with van der Waals surface area (Å²) in [6.45, 7) is 4.76. The van der Waals surface area contributed by atoms with Gasteiger partial charge >= 0.3 is 39.5 Å². The van der Waals surface area contributed by atoms with Crippen LogP contribution in [0.15, 0.2) is 85.1 Å². The third-order valence-corrected chi connectivity index (χ3v) is 18.3. The maximum Gasteiger partial charge on any atom is 0.472 e. The minimum absolute atomic E-state index is 0.0763. The van der Waals surface area contributed by atoms with Gasteiger partial charge in [0.25, 0.3) is 0 Å². The Morgan fingerprint density at radius 1 is 0.296 bits per heavy atom. The summed E-state index contributed by atoms with van der Waals surface area (Å²) in [5, 5.41) is 10.6. The minimum Gasteiger partial charge on any atom is -0.462 e. The molecule has 568 valence electrons. The molecule has 0 saturated heterocycles. The Bertz CT molecular complexity index is 2190. The van der Waals surface area contributed by atoms with Crippen molar-refractivity contribution in [3.05, 3.63) is 85.1 Å². The summed E-state index contributed by atoms with van der Waals surface area (Å²) in [4.78, 5) is 72.9. The molecule has 0 bridgehead atoms. The van der Waals surface area contributed by atoms with E-state index in [1.807, 2.05) is 0 Å². The summed E-state index contributed by atoms with van der Waals surface area (Å²) in [7, 11) is -9.96. The van der Waals surface area contributed by atoms with Crippen molar-refractivity contribution >= 4 is 39.5 Å². The average molecular weight is 1420 g/mol. The van der Waals surface area contributed by atoms with E-state index in [1.54, 1.807) is 0 Å². The Balaban J connectivity index is 5.38. The number of aliphatic hydroxyl groups is 1. The van der Waals surface area contributed by atoms with Gasteiger partial charge in [0.2, 0.25) is 0 Å². The van der Waals surface area contributed by atoms with Gasteiger partial charge in [-0.2, -0.15) is 0 Å².